The van der Waals surface area contributed by atoms with Crippen LogP contribution in [0.4, 0.5) is 0 Å². The minimum atomic E-state index is -0.223. The number of hydrogen-bond donors (Lipinski definition) is 0. The zero-order valence-corrected chi connectivity index (χ0v) is 16.0. The maximum atomic E-state index is 6.36. The molecule has 0 bridgehead atoms. The molecular formula is C18H15Cl3LiN2O+. The van der Waals surface area contributed by atoms with Gasteiger partial charge in [0.1, 0.15) is 6.10 Å². The minimum absolute atomic E-state index is 0. The smallest absolute Gasteiger partial charge is 0.367 e. The Balaban J connectivity index is 0.00000225. The van der Waals surface area contributed by atoms with E-state index >= 15 is 0 Å². The van der Waals surface area contributed by atoms with E-state index in [4.69, 9.17) is 39.5 Å². The van der Waals surface area contributed by atoms with Gasteiger partial charge in [-0.15, -0.1) is 0 Å². The molecule has 0 spiro atoms. The van der Waals surface area contributed by atoms with Crippen molar-refractivity contribution in [3.8, 4) is 0 Å². The zero-order chi connectivity index (χ0) is 16.9. The van der Waals surface area contributed by atoms with Crippen LogP contribution in [0.2, 0.25) is 15.1 Å². The Labute approximate surface area is 174 Å². The van der Waals surface area contributed by atoms with E-state index in [9.17, 15) is 0 Å². The van der Waals surface area contributed by atoms with Gasteiger partial charge in [0.25, 0.3) is 0 Å². The van der Waals surface area contributed by atoms with Crippen molar-refractivity contribution >= 4 is 34.8 Å². The molecule has 124 valence electrons. The van der Waals surface area contributed by atoms with Gasteiger partial charge in [-0.2, -0.15) is 0 Å². The number of imidazole rings is 1. The molecule has 25 heavy (non-hydrogen) atoms. The van der Waals surface area contributed by atoms with Crippen LogP contribution in [-0.4, -0.2) is 9.55 Å². The summed E-state index contributed by atoms with van der Waals surface area (Å²) < 4.78 is 8.08. The molecule has 0 fully saturated rings. The number of halogens is 3. The number of nitrogens with zero attached hydrogens (tertiary/aromatic N) is 2. The van der Waals surface area contributed by atoms with Gasteiger partial charge in [-0.25, -0.2) is 4.98 Å². The van der Waals surface area contributed by atoms with Gasteiger partial charge in [-0.1, -0.05) is 53.0 Å². The Hall–Kier alpha value is -0.923. The van der Waals surface area contributed by atoms with Crippen LogP contribution in [0.15, 0.2) is 61.2 Å². The summed E-state index contributed by atoms with van der Waals surface area (Å²) in [5.74, 6) is 0. The monoisotopic (exact) mass is 387 g/mol. The molecule has 1 unspecified atom stereocenters. The van der Waals surface area contributed by atoms with Crippen LogP contribution in [0.25, 0.3) is 0 Å². The summed E-state index contributed by atoms with van der Waals surface area (Å²) >= 11 is 18.3. The Bertz CT molecular complexity index is 795. The van der Waals surface area contributed by atoms with Crippen molar-refractivity contribution in [2.45, 2.75) is 19.3 Å². The molecule has 3 nitrogen and oxygen atoms in total. The van der Waals surface area contributed by atoms with Gasteiger partial charge < -0.3 is 9.30 Å². The standard InChI is InChI=1S/C18H15Cl3N2O.Li/c19-14-3-1-13(2-4-14)11-24-18(10-23-8-7-22-12-23)16-6-5-15(20)9-17(16)21;/h1-9,12,18H,10-11H2;/q;+1. The molecule has 1 atom stereocenters. The average molecular weight is 389 g/mol. The fourth-order valence-corrected chi connectivity index (χ4v) is 3.02. The topological polar surface area (TPSA) is 27.1 Å². The molecule has 0 N–H and O–H groups in total. The number of rotatable bonds is 6. The molecule has 0 saturated heterocycles. The van der Waals surface area contributed by atoms with E-state index in [2.05, 4.69) is 4.98 Å². The fraction of sp³-hybridized carbons (Fsp3) is 0.167. The second kappa shape index (κ2) is 9.69. The molecule has 3 rings (SSSR count). The predicted octanol–water partition coefficient (Wildman–Crippen LogP) is 2.81. The van der Waals surface area contributed by atoms with Gasteiger partial charge in [0.05, 0.1) is 19.5 Å². The second-order valence-electron chi connectivity index (χ2n) is 5.35. The van der Waals surface area contributed by atoms with Crippen LogP contribution in [0, 0.1) is 0 Å². The molecule has 0 aliphatic rings. The van der Waals surface area contributed by atoms with Crippen molar-refractivity contribution in [1.82, 2.24) is 9.55 Å². The van der Waals surface area contributed by atoms with Gasteiger partial charge in [-0.3, -0.25) is 0 Å². The molecule has 0 aliphatic heterocycles. The number of aromatic nitrogens is 2. The van der Waals surface area contributed by atoms with Crippen molar-refractivity contribution in [3.05, 3.63) is 87.4 Å². The van der Waals surface area contributed by atoms with Crippen molar-refractivity contribution < 1.29 is 23.6 Å². The molecule has 0 radical (unpaired) electrons. The maximum absolute atomic E-state index is 6.36. The first-order valence-electron chi connectivity index (χ1n) is 7.38. The summed E-state index contributed by atoms with van der Waals surface area (Å²) in [5, 5.41) is 1.89. The summed E-state index contributed by atoms with van der Waals surface area (Å²) in [7, 11) is 0. The molecule has 0 aliphatic carbocycles. The number of ether oxygens (including phenoxy) is 1. The first-order valence-corrected chi connectivity index (χ1v) is 8.52. The molecule has 0 saturated carbocycles. The third kappa shape index (κ3) is 5.79. The first kappa shape index (κ1) is 20.4. The molecule has 0 amide bonds. The Morgan fingerprint density at radius 3 is 2.36 bits per heavy atom. The normalized spacial score (nSPS) is 11.8. The van der Waals surface area contributed by atoms with Crippen LogP contribution in [-0.2, 0) is 17.9 Å². The molecule has 2 aromatic carbocycles. The quantitative estimate of drug-likeness (QED) is 0.607. The predicted molar refractivity (Wildman–Crippen MR) is 97.7 cm³/mol. The van der Waals surface area contributed by atoms with Crippen LogP contribution in [0.3, 0.4) is 0 Å². The fourth-order valence-electron chi connectivity index (χ4n) is 2.37. The third-order valence-electron chi connectivity index (χ3n) is 3.61. The van der Waals surface area contributed by atoms with E-state index in [0.717, 1.165) is 11.1 Å². The van der Waals surface area contributed by atoms with Crippen LogP contribution in [0.5, 0.6) is 0 Å². The minimum Gasteiger partial charge on any atom is -0.367 e. The van der Waals surface area contributed by atoms with Gasteiger partial charge >= 0.3 is 18.9 Å². The van der Waals surface area contributed by atoms with Crippen molar-refractivity contribution in [2.75, 3.05) is 0 Å². The zero-order valence-electron chi connectivity index (χ0n) is 13.7. The first-order chi connectivity index (χ1) is 11.6. The van der Waals surface area contributed by atoms with Crippen molar-refractivity contribution in [1.29, 1.82) is 0 Å². The summed E-state index contributed by atoms with van der Waals surface area (Å²) in [5.41, 5.74) is 1.93. The van der Waals surface area contributed by atoms with E-state index in [0.29, 0.717) is 28.2 Å². The summed E-state index contributed by atoms with van der Waals surface area (Å²) in [6.07, 6.45) is 5.16. The SMILES string of the molecule is Clc1ccc(COC(Cn2ccnc2)c2ccc(Cl)cc2Cl)cc1.[Li+]. The summed E-state index contributed by atoms with van der Waals surface area (Å²) in [6, 6.07) is 13.0. The van der Waals surface area contributed by atoms with E-state index < -0.39 is 0 Å². The average Bonchev–Trinajstić information content (AvgIpc) is 3.06. The van der Waals surface area contributed by atoms with E-state index in [1.807, 2.05) is 47.2 Å². The summed E-state index contributed by atoms with van der Waals surface area (Å²) in [6.45, 7) is 1.06. The van der Waals surface area contributed by atoms with E-state index in [1.54, 1.807) is 18.6 Å². The van der Waals surface area contributed by atoms with Gasteiger partial charge in [0.2, 0.25) is 0 Å². The number of benzene rings is 2. The Morgan fingerprint density at radius 1 is 1.00 bits per heavy atom. The molecule has 1 aromatic heterocycles. The van der Waals surface area contributed by atoms with Gasteiger partial charge in [0, 0.05) is 33.0 Å². The van der Waals surface area contributed by atoms with Crippen LogP contribution >= 0.6 is 34.8 Å². The van der Waals surface area contributed by atoms with Crippen molar-refractivity contribution in [3.63, 3.8) is 0 Å². The van der Waals surface area contributed by atoms with Crippen molar-refractivity contribution in [2.24, 2.45) is 0 Å². The Morgan fingerprint density at radius 2 is 1.72 bits per heavy atom. The van der Waals surface area contributed by atoms with Gasteiger partial charge in [-0.05, 0) is 29.8 Å². The van der Waals surface area contributed by atoms with E-state index in [-0.39, 0.29) is 25.0 Å². The number of hydrogen-bond acceptors (Lipinski definition) is 2. The largest absolute Gasteiger partial charge is 1.00 e. The third-order valence-corrected chi connectivity index (χ3v) is 4.42. The van der Waals surface area contributed by atoms with Crippen LogP contribution in [0.1, 0.15) is 17.2 Å². The molecule has 3 aromatic rings. The van der Waals surface area contributed by atoms with Crippen LogP contribution < -0.4 is 18.9 Å². The maximum Gasteiger partial charge on any atom is 1.00 e. The van der Waals surface area contributed by atoms with E-state index in [1.165, 1.54) is 0 Å². The van der Waals surface area contributed by atoms with Gasteiger partial charge in [0.15, 0.2) is 0 Å². The summed E-state index contributed by atoms with van der Waals surface area (Å²) in [4.78, 5) is 4.07. The Kier molecular flexibility index (Phi) is 7.90. The molecule has 7 heteroatoms. The molecule has 1 heterocycles. The molecular weight excluding hydrogens is 374 g/mol. The second-order valence-corrected chi connectivity index (χ2v) is 6.63.